The Morgan fingerprint density at radius 3 is 2.14 bits per heavy atom. The number of carbonyl (C=O) groups excluding carboxylic acids is 1. The predicted octanol–water partition coefficient (Wildman–Crippen LogP) is 5.28. The van der Waals surface area contributed by atoms with Crippen molar-refractivity contribution in [1.29, 1.82) is 0 Å². The van der Waals surface area contributed by atoms with Crippen LogP contribution in [0.15, 0.2) is 48.5 Å². The monoisotopic (exact) mass is 530 g/mol. The molecule has 1 aliphatic rings. The van der Waals surface area contributed by atoms with Crippen LogP contribution in [0.1, 0.15) is 64.5 Å². The van der Waals surface area contributed by atoms with Crippen LogP contribution in [0.4, 0.5) is 4.79 Å². The van der Waals surface area contributed by atoms with Gasteiger partial charge in [-0.1, -0.05) is 37.6 Å². The molecular formula is C28H42N4O4S. The molecule has 9 heteroatoms. The number of piperidine rings is 1. The molecule has 1 unspecified atom stereocenters. The van der Waals surface area contributed by atoms with Gasteiger partial charge in [0.15, 0.2) is 0 Å². The lowest BCUT2D eigenvalue weighted by molar-refractivity contribution is 0.112. The van der Waals surface area contributed by atoms with Gasteiger partial charge in [0.2, 0.25) is 11.3 Å². The number of urea groups is 1. The summed E-state index contributed by atoms with van der Waals surface area (Å²) in [6.07, 6.45) is 4.08. The Balaban J connectivity index is 1.48. The normalized spacial score (nSPS) is 15.8. The summed E-state index contributed by atoms with van der Waals surface area (Å²) in [7, 11) is 0. The summed E-state index contributed by atoms with van der Waals surface area (Å²) in [5.74, 6) is 1.48. The molecule has 3 N–H and O–H groups in total. The average molecular weight is 531 g/mol. The van der Waals surface area contributed by atoms with Crippen molar-refractivity contribution >= 4 is 17.3 Å². The van der Waals surface area contributed by atoms with Crippen LogP contribution in [0.2, 0.25) is 0 Å². The van der Waals surface area contributed by atoms with E-state index in [2.05, 4.69) is 38.9 Å². The molecule has 1 saturated heterocycles. The summed E-state index contributed by atoms with van der Waals surface area (Å²) in [6, 6.07) is 15.9. The lowest BCUT2D eigenvalue weighted by atomic mass is 10.0. The van der Waals surface area contributed by atoms with Gasteiger partial charge in [0.25, 0.3) is 0 Å². The third kappa shape index (κ3) is 10.1. The first-order valence-corrected chi connectivity index (χ1v) is 14.2. The number of likely N-dealkylation sites (tertiary alicyclic amines) is 1. The van der Waals surface area contributed by atoms with E-state index in [1.165, 1.54) is 5.56 Å². The molecule has 0 saturated carbocycles. The molecule has 204 valence electrons. The van der Waals surface area contributed by atoms with Gasteiger partial charge in [0.05, 0.1) is 0 Å². The minimum atomic E-state index is -2.02. The topological polar surface area (TPSA) is 94.1 Å². The maximum absolute atomic E-state index is 12.9. The van der Waals surface area contributed by atoms with Gasteiger partial charge in [-0.15, -0.1) is 0 Å². The van der Waals surface area contributed by atoms with Crippen molar-refractivity contribution in [2.75, 3.05) is 19.6 Å². The Bertz CT molecular complexity index is 1000. The number of hydrogen-bond acceptors (Lipinski definition) is 4. The van der Waals surface area contributed by atoms with Crippen molar-refractivity contribution < 1.29 is 18.3 Å². The Kier molecular flexibility index (Phi) is 10.9. The first kappa shape index (κ1) is 29.1. The number of ether oxygens (including phenoxy) is 1. The molecule has 2 aromatic carbocycles. The summed E-state index contributed by atoms with van der Waals surface area (Å²) in [5, 5.41) is 3.15. The van der Waals surface area contributed by atoms with E-state index in [9.17, 15) is 9.00 Å². The number of nitrogens with zero attached hydrogens (tertiary/aromatic N) is 2. The van der Waals surface area contributed by atoms with Crippen LogP contribution in [0.5, 0.6) is 11.5 Å². The summed E-state index contributed by atoms with van der Waals surface area (Å²) in [4.78, 5) is 17.5. The molecule has 0 spiro atoms. The van der Waals surface area contributed by atoms with E-state index in [1.54, 1.807) is 0 Å². The van der Waals surface area contributed by atoms with Crippen LogP contribution in [-0.2, 0) is 24.4 Å². The summed E-state index contributed by atoms with van der Waals surface area (Å²) in [5.41, 5.74) is 1.90. The van der Waals surface area contributed by atoms with Crippen molar-refractivity contribution in [3.05, 3.63) is 59.7 Å². The number of benzene rings is 2. The molecule has 1 aliphatic heterocycles. The standard InChI is InChI=1S/C28H42N4O4S/c1-5-6-17-32(27(33)30-28(2,3)4)24-15-18-31(19-16-24)21-23-9-13-26(14-10-23)36-25-11-7-22(8-12-25)20-29-37(34)35/h7-14,24,29H,5-6,15-21H2,1-4H3,(H,30,33)(H,34,35). The molecule has 1 heterocycles. The molecule has 3 rings (SSSR count). The van der Waals surface area contributed by atoms with Gasteiger partial charge in [-0.25, -0.2) is 13.7 Å². The first-order chi connectivity index (χ1) is 17.6. The highest BCUT2D eigenvalue weighted by molar-refractivity contribution is 7.77. The zero-order valence-electron chi connectivity index (χ0n) is 22.5. The summed E-state index contributed by atoms with van der Waals surface area (Å²) < 4.78 is 28.0. The van der Waals surface area contributed by atoms with Crippen LogP contribution in [-0.4, -0.2) is 55.8 Å². The van der Waals surface area contributed by atoms with Crippen molar-refractivity contribution in [2.24, 2.45) is 0 Å². The molecule has 0 aromatic heterocycles. The van der Waals surface area contributed by atoms with Crippen LogP contribution >= 0.6 is 0 Å². The van der Waals surface area contributed by atoms with Crippen LogP contribution in [0, 0.1) is 0 Å². The van der Waals surface area contributed by atoms with Gasteiger partial charge in [-0.3, -0.25) is 9.45 Å². The number of carbonyl (C=O) groups is 1. The molecular weight excluding hydrogens is 488 g/mol. The van der Waals surface area contributed by atoms with Crippen molar-refractivity contribution in [3.8, 4) is 11.5 Å². The summed E-state index contributed by atoms with van der Waals surface area (Å²) in [6.45, 7) is 12.2. The van der Waals surface area contributed by atoms with Gasteiger partial charge < -0.3 is 15.0 Å². The second-order valence-corrected chi connectivity index (χ2v) is 11.5. The van der Waals surface area contributed by atoms with Gasteiger partial charge in [-0.05, 0) is 75.4 Å². The molecule has 1 fully saturated rings. The lowest BCUT2D eigenvalue weighted by Crippen LogP contribution is -2.54. The maximum Gasteiger partial charge on any atom is 0.318 e. The second kappa shape index (κ2) is 13.9. The quantitative estimate of drug-likeness (QED) is 0.344. The molecule has 2 aromatic rings. The Morgan fingerprint density at radius 2 is 1.62 bits per heavy atom. The zero-order valence-corrected chi connectivity index (χ0v) is 23.4. The highest BCUT2D eigenvalue weighted by Gasteiger charge is 2.29. The molecule has 1 atom stereocenters. The smallest absolute Gasteiger partial charge is 0.318 e. The highest BCUT2D eigenvalue weighted by atomic mass is 32.2. The van der Waals surface area contributed by atoms with Gasteiger partial charge in [-0.2, -0.15) is 0 Å². The van der Waals surface area contributed by atoms with Crippen LogP contribution < -0.4 is 14.8 Å². The Morgan fingerprint density at radius 1 is 1.05 bits per heavy atom. The van der Waals surface area contributed by atoms with Crippen molar-refractivity contribution in [2.45, 2.75) is 78.0 Å². The zero-order chi connectivity index (χ0) is 26.8. The van der Waals surface area contributed by atoms with Crippen molar-refractivity contribution in [1.82, 2.24) is 19.8 Å². The predicted molar refractivity (Wildman–Crippen MR) is 149 cm³/mol. The Hall–Kier alpha value is -2.46. The Labute approximate surface area is 224 Å². The number of rotatable bonds is 11. The van der Waals surface area contributed by atoms with E-state index in [1.807, 2.05) is 57.2 Å². The molecule has 8 nitrogen and oxygen atoms in total. The minimum absolute atomic E-state index is 0.0582. The first-order valence-electron chi connectivity index (χ1n) is 13.1. The fourth-order valence-electron chi connectivity index (χ4n) is 4.44. The third-order valence-electron chi connectivity index (χ3n) is 6.38. The summed E-state index contributed by atoms with van der Waals surface area (Å²) >= 11 is -2.02. The number of nitrogens with one attached hydrogen (secondary N) is 2. The van der Waals surface area contributed by atoms with Crippen LogP contribution in [0.25, 0.3) is 0 Å². The molecule has 0 aliphatic carbocycles. The van der Waals surface area contributed by atoms with Gasteiger partial charge in [0, 0.05) is 44.3 Å². The van der Waals surface area contributed by atoms with E-state index in [0.29, 0.717) is 12.3 Å². The molecule has 0 radical (unpaired) electrons. The fraction of sp³-hybridized carbons (Fsp3) is 0.536. The van der Waals surface area contributed by atoms with E-state index in [-0.39, 0.29) is 17.6 Å². The SMILES string of the molecule is CCCCN(C(=O)NC(C)(C)C)C1CCN(Cc2ccc(Oc3ccc(CNS(=O)O)cc3)cc2)CC1. The van der Waals surface area contributed by atoms with Gasteiger partial charge in [0.1, 0.15) is 11.5 Å². The van der Waals surface area contributed by atoms with E-state index in [4.69, 9.17) is 9.29 Å². The fourth-order valence-corrected chi connectivity index (χ4v) is 4.73. The van der Waals surface area contributed by atoms with E-state index >= 15 is 0 Å². The van der Waals surface area contributed by atoms with Gasteiger partial charge >= 0.3 is 6.03 Å². The third-order valence-corrected chi connectivity index (χ3v) is 6.77. The van der Waals surface area contributed by atoms with Crippen molar-refractivity contribution in [3.63, 3.8) is 0 Å². The van der Waals surface area contributed by atoms with E-state index in [0.717, 1.165) is 63.2 Å². The number of hydrogen-bond donors (Lipinski definition) is 3. The molecule has 37 heavy (non-hydrogen) atoms. The lowest BCUT2D eigenvalue weighted by Gasteiger charge is -2.39. The highest BCUT2D eigenvalue weighted by Crippen LogP contribution is 2.24. The number of unbranched alkanes of at least 4 members (excludes halogenated alkanes) is 1. The van der Waals surface area contributed by atoms with Crippen LogP contribution in [0.3, 0.4) is 0 Å². The number of amides is 2. The largest absolute Gasteiger partial charge is 0.457 e. The minimum Gasteiger partial charge on any atom is -0.457 e. The average Bonchev–Trinajstić information content (AvgIpc) is 2.85. The second-order valence-electron chi connectivity index (χ2n) is 10.7. The van der Waals surface area contributed by atoms with E-state index < -0.39 is 11.3 Å². The maximum atomic E-state index is 12.9. The molecule has 0 bridgehead atoms. The molecule has 2 amide bonds.